The molecule has 0 fully saturated rings. The predicted molar refractivity (Wildman–Crippen MR) is 66.8 cm³/mol. The molecular formula is C12H21N3O3. The van der Waals surface area contributed by atoms with Crippen LogP contribution in [0, 0.1) is 23.2 Å². The van der Waals surface area contributed by atoms with Crippen LogP contribution in [0.1, 0.15) is 20.8 Å². The number of nitrogens with zero attached hydrogens (tertiary/aromatic N) is 3. The third-order valence-electron chi connectivity index (χ3n) is 2.66. The Morgan fingerprint density at radius 2 is 1.89 bits per heavy atom. The average molecular weight is 255 g/mol. The fourth-order valence-electron chi connectivity index (χ4n) is 1.52. The molecule has 0 saturated heterocycles. The fraction of sp³-hybridized carbons (Fsp3) is 0.750. The second-order valence-corrected chi connectivity index (χ2v) is 4.47. The lowest BCUT2D eigenvalue weighted by Gasteiger charge is -2.28. The molecule has 0 aliphatic heterocycles. The van der Waals surface area contributed by atoms with E-state index in [4.69, 9.17) is 10.4 Å². The minimum absolute atomic E-state index is 0.177. The lowest BCUT2D eigenvalue weighted by molar-refractivity contribution is -0.141. The van der Waals surface area contributed by atoms with Gasteiger partial charge in [-0.25, -0.2) is 4.79 Å². The van der Waals surface area contributed by atoms with Crippen LogP contribution in [0.3, 0.4) is 0 Å². The molecule has 0 aliphatic carbocycles. The number of urea groups is 1. The molecule has 2 unspecified atom stereocenters. The van der Waals surface area contributed by atoms with Gasteiger partial charge in [0.1, 0.15) is 0 Å². The first-order valence-electron chi connectivity index (χ1n) is 5.95. The van der Waals surface area contributed by atoms with E-state index in [1.165, 1.54) is 9.80 Å². The van der Waals surface area contributed by atoms with Gasteiger partial charge in [0.15, 0.2) is 0 Å². The molecule has 6 nitrogen and oxygen atoms in total. The number of nitriles is 1. The lowest BCUT2D eigenvalue weighted by Crippen LogP contribution is -2.45. The van der Waals surface area contributed by atoms with E-state index in [9.17, 15) is 9.59 Å². The van der Waals surface area contributed by atoms with Gasteiger partial charge in [-0.05, 0) is 13.8 Å². The summed E-state index contributed by atoms with van der Waals surface area (Å²) in [6, 6.07) is 1.82. The molecule has 0 aliphatic rings. The van der Waals surface area contributed by atoms with Gasteiger partial charge in [0.05, 0.1) is 17.9 Å². The molecule has 0 radical (unpaired) electrons. The van der Waals surface area contributed by atoms with Crippen molar-refractivity contribution in [2.24, 2.45) is 11.8 Å². The second kappa shape index (κ2) is 7.54. The number of rotatable bonds is 6. The first-order valence-corrected chi connectivity index (χ1v) is 5.95. The van der Waals surface area contributed by atoms with E-state index >= 15 is 0 Å². The summed E-state index contributed by atoms with van der Waals surface area (Å²) in [6.07, 6.45) is 0. The zero-order chi connectivity index (χ0) is 14.3. The number of hydrogen-bond acceptors (Lipinski definition) is 3. The number of carboxylic acids is 1. The Bertz CT molecular complexity index is 338. The van der Waals surface area contributed by atoms with E-state index in [0.717, 1.165) is 0 Å². The molecule has 0 saturated carbocycles. The van der Waals surface area contributed by atoms with Crippen LogP contribution in [0.2, 0.25) is 0 Å². The molecule has 0 rings (SSSR count). The number of aliphatic carboxylic acids is 1. The van der Waals surface area contributed by atoms with Gasteiger partial charge in [-0.15, -0.1) is 0 Å². The van der Waals surface area contributed by atoms with Crippen molar-refractivity contribution >= 4 is 12.0 Å². The van der Waals surface area contributed by atoms with Crippen LogP contribution >= 0.6 is 0 Å². The molecule has 6 heteroatoms. The van der Waals surface area contributed by atoms with Crippen molar-refractivity contribution in [2.45, 2.75) is 20.8 Å². The summed E-state index contributed by atoms with van der Waals surface area (Å²) in [6.45, 7) is 6.06. The van der Waals surface area contributed by atoms with Crippen LogP contribution in [0.15, 0.2) is 0 Å². The van der Waals surface area contributed by atoms with Crippen molar-refractivity contribution in [1.82, 2.24) is 9.80 Å². The molecule has 0 spiro atoms. The molecule has 0 aromatic carbocycles. The van der Waals surface area contributed by atoms with Crippen molar-refractivity contribution in [1.29, 1.82) is 5.26 Å². The number of carboxylic acid groups (broad SMARTS) is 1. The van der Waals surface area contributed by atoms with Crippen molar-refractivity contribution < 1.29 is 14.7 Å². The van der Waals surface area contributed by atoms with Gasteiger partial charge in [-0.1, -0.05) is 6.92 Å². The van der Waals surface area contributed by atoms with Crippen molar-refractivity contribution in [2.75, 3.05) is 26.7 Å². The molecule has 102 valence electrons. The third-order valence-corrected chi connectivity index (χ3v) is 2.66. The third kappa shape index (κ3) is 5.04. The van der Waals surface area contributed by atoms with Crippen molar-refractivity contribution in [3.05, 3.63) is 0 Å². The highest BCUT2D eigenvalue weighted by Gasteiger charge is 2.22. The Morgan fingerprint density at radius 3 is 2.28 bits per heavy atom. The summed E-state index contributed by atoms with van der Waals surface area (Å²) in [4.78, 5) is 25.7. The maximum atomic E-state index is 12.0. The molecule has 1 N–H and O–H groups in total. The van der Waals surface area contributed by atoms with E-state index in [2.05, 4.69) is 6.07 Å². The molecular weight excluding hydrogens is 234 g/mol. The number of hydrogen-bond donors (Lipinski definition) is 1. The van der Waals surface area contributed by atoms with Gasteiger partial charge in [-0.2, -0.15) is 5.26 Å². The highest BCUT2D eigenvalue weighted by Crippen LogP contribution is 2.05. The quantitative estimate of drug-likeness (QED) is 0.773. The molecule has 2 atom stereocenters. The maximum Gasteiger partial charge on any atom is 0.319 e. The van der Waals surface area contributed by atoms with Crippen LogP contribution in [0.5, 0.6) is 0 Å². The summed E-state index contributed by atoms with van der Waals surface area (Å²) in [5, 5.41) is 17.5. The van der Waals surface area contributed by atoms with Gasteiger partial charge < -0.3 is 14.9 Å². The normalized spacial score (nSPS) is 13.3. The second-order valence-electron chi connectivity index (χ2n) is 4.47. The fourth-order valence-corrected chi connectivity index (χ4v) is 1.52. The van der Waals surface area contributed by atoms with Gasteiger partial charge in [0.2, 0.25) is 0 Å². The van der Waals surface area contributed by atoms with E-state index in [1.807, 2.05) is 0 Å². The SMILES string of the molecule is CCN(CC(C)C(=O)O)C(=O)N(C)CC(C)C#N. The average Bonchev–Trinajstić information content (AvgIpc) is 2.34. The Hall–Kier alpha value is -1.77. The molecule has 0 heterocycles. The largest absolute Gasteiger partial charge is 0.481 e. The molecule has 0 aromatic heterocycles. The zero-order valence-electron chi connectivity index (χ0n) is 11.4. The Kier molecular flexibility index (Phi) is 6.79. The standard InChI is InChI=1S/C12H21N3O3/c1-5-15(8-10(3)11(16)17)12(18)14(4)7-9(2)6-13/h9-10H,5,7-8H2,1-4H3,(H,16,17). The first-order chi connectivity index (χ1) is 8.33. The van der Waals surface area contributed by atoms with E-state index in [0.29, 0.717) is 13.1 Å². The van der Waals surface area contributed by atoms with Crippen LogP contribution in [-0.4, -0.2) is 53.6 Å². The van der Waals surface area contributed by atoms with Gasteiger partial charge >= 0.3 is 12.0 Å². The van der Waals surface area contributed by atoms with E-state index in [1.54, 1.807) is 27.8 Å². The van der Waals surface area contributed by atoms with E-state index < -0.39 is 11.9 Å². The van der Waals surface area contributed by atoms with Crippen LogP contribution in [-0.2, 0) is 4.79 Å². The summed E-state index contributed by atoms with van der Waals surface area (Å²) in [7, 11) is 1.62. The van der Waals surface area contributed by atoms with Crippen LogP contribution < -0.4 is 0 Å². The molecule has 0 aromatic rings. The Morgan fingerprint density at radius 1 is 1.33 bits per heavy atom. The summed E-state index contributed by atoms with van der Waals surface area (Å²) in [5.74, 6) is -1.76. The van der Waals surface area contributed by atoms with Crippen LogP contribution in [0.4, 0.5) is 4.79 Å². The highest BCUT2D eigenvalue weighted by molar-refractivity contribution is 5.76. The summed E-state index contributed by atoms with van der Waals surface area (Å²) in [5.41, 5.74) is 0. The summed E-state index contributed by atoms with van der Waals surface area (Å²) < 4.78 is 0. The van der Waals surface area contributed by atoms with Gasteiger partial charge in [0.25, 0.3) is 0 Å². The lowest BCUT2D eigenvalue weighted by atomic mass is 10.1. The number of amides is 2. The number of carbonyl (C=O) groups excluding carboxylic acids is 1. The smallest absolute Gasteiger partial charge is 0.319 e. The zero-order valence-corrected chi connectivity index (χ0v) is 11.4. The monoisotopic (exact) mass is 255 g/mol. The molecule has 2 amide bonds. The predicted octanol–water partition coefficient (Wildman–Crippen LogP) is 1.24. The minimum Gasteiger partial charge on any atom is -0.481 e. The first kappa shape index (κ1) is 16.2. The topological polar surface area (TPSA) is 84.6 Å². The van der Waals surface area contributed by atoms with Crippen LogP contribution in [0.25, 0.3) is 0 Å². The Balaban J connectivity index is 4.52. The maximum absolute atomic E-state index is 12.0. The van der Waals surface area contributed by atoms with Crippen molar-refractivity contribution in [3.63, 3.8) is 0 Å². The Labute approximate surface area is 108 Å². The van der Waals surface area contributed by atoms with E-state index in [-0.39, 0.29) is 18.5 Å². The minimum atomic E-state index is -0.922. The van der Waals surface area contributed by atoms with Gasteiger partial charge in [-0.3, -0.25) is 4.79 Å². The summed E-state index contributed by atoms with van der Waals surface area (Å²) >= 11 is 0. The molecule has 0 bridgehead atoms. The number of carbonyl (C=O) groups is 2. The molecule has 18 heavy (non-hydrogen) atoms. The van der Waals surface area contributed by atoms with Gasteiger partial charge in [0, 0.05) is 26.7 Å². The van der Waals surface area contributed by atoms with Crippen molar-refractivity contribution in [3.8, 4) is 6.07 Å². The highest BCUT2D eigenvalue weighted by atomic mass is 16.4.